The molecule has 2 atom stereocenters. The molecular formula is C10H14O6. The Hall–Kier alpha value is -1.69. The summed E-state index contributed by atoms with van der Waals surface area (Å²) in [6.45, 7) is 2.41. The van der Waals surface area contributed by atoms with Gasteiger partial charge in [0.05, 0.1) is 0 Å². The number of carbonyl (C=O) groups excluding carboxylic acids is 3. The van der Waals surface area contributed by atoms with Gasteiger partial charge in [0.25, 0.3) is 0 Å². The maximum absolute atomic E-state index is 11.1. The molecule has 0 aromatic carbocycles. The molecule has 1 rings (SSSR count). The Kier molecular flexibility index (Phi) is 6.02. The molecule has 16 heavy (non-hydrogen) atoms. The molecule has 90 valence electrons. The molecule has 6 heteroatoms. The van der Waals surface area contributed by atoms with E-state index in [1.54, 1.807) is 0 Å². The summed E-state index contributed by atoms with van der Waals surface area (Å²) in [4.78, 5) is 32.4. The Morgan fingerprint density at radius 3 is 2.12 bits per heavy atom. The highest BCUT2D eigenvalue weighted by atomic mass is 16.6. The van der Waals surface area contributed by atoms with E-state index < -0.39 is 24.1 Å². The second kappa shape index (κ2) is 6.73. The fourth-order valence-corrected chi connectivity index (χ4v) is 1.14. The standard InChI is InChI=1S/C9H10O5.CH4O/c1-5(10)13-8-4-3-7(12)9(8)14-6(2)11;1-2/h3-4,8-9H,1-2H3;2H,1H3. The summed E-state index contributed by atoms with van der Waals surface area (Å²) in [6, 6.07) is 0. The van der Waals surface area contributed by atoms with Crippen LogP contribution in [0, 0.1) is 0 Å². The SMILES string of the molecule is CC(=O)OC1C=CC(=O)C1OC(C)=O.CO. The fraction of sp³-hybridized carbons (Fsp3) is 0.500. The molecule has 0 spiro atoms. The van der Waals surface area contributed by atoms with Gasteiger partial charge in [-0.05, 0) is 12.2 Å². The summed E-state index contributed by atoms with van der Waals surface area (Å²) in [5.41, 5.74) is 0. The molecule has 2 unspecified atom stereocenters. The second-order valence-electron chi connectivity index (χ2n) is 2.87. The maximum Gasteiger partial charge on any atom is 0.303 e. The van der Waals surface area contributed by atoms with Crippen LogP contribution >= 0.6 is 0 Å². The Balaban J connectivity index is 0.00000106. The molecule has 0 aromatic heterocycles. The number of hydrogen-bond acceptors (Lipinski definition) is 6. The summed E-state index contributed by atoms with van der Waals surface area (Å²) in [6.07, 6.45) is 0.832. The lowest BCUT2D eigenvalue weighted by Gasteiger charge is -2.17. The van der Waals surface area contributed by atoms with E-state index in [0.717, 1.165) is 7.11 Å². The fourth-order valence-electron chi connectivity index (χ4n) is 1.14. The van der Waals surface area contributed by atoms with Gasteiger partial charge in [0.1, 0.15) is 0 Å². The minimum atomic E-state index is -1.02. The second-order valence-corrected chi connectivity index (χ2v) is 2.87. The zero-order valence-electron chi connectivity index (χ0n) is 9.30. The van der Waals surface area contributed by atoms with Crippen molar-refractivity contribution in [1.29, 1.82) is 0 Å². The molecule has 6 nitrogen and oxygen atoms in total. The third kappa shape index (κ3) is 4.22. The van der Waals surface area contributed by atoms with Crippen molar-refractivity contribution in [1.82, 2.24) is 0 Å². The van der Waals surface area contributed by atoms with Gasteiger partial charge in [-0.15, -0.1) is 0 Å². The summed E-state index contributed by atoms with van der Waals surface area (Å²) in [5.74, 6) is -1.47. The quantitative estimate of drug-likeness (QED) is 0.649. The van der Waals surface area contributed by atoms with Gasteiger partial charge in [-0.1, -0.05) is 0 Å². The number of aliphatic hydroxyl groups is 1. The summed E-state index contributed by atoms with van der Waals surface area (Å²) in [5, 5.41) is 7.00. The van der Waals surface area contributed by atoms with Gasteiger partial charge >= 0.3 is 11.9 Å². The molecule has 0 radical (unpaired) electrons. The molecule has 0 amide bonds. The van der Waals surface area contributed by atoms with Crippen molar-refractivity contribution in [3.8, 4) is 0 Å². The number of carbonyl (C=O) groups is 3. The smallest absolute Gasteiger partial charge is 0.303 e. The lowest BCUT2D eigenvalue weighted by atomic mass is 10.2. The van der Waals surface area contributed by atoms with E-state index in [2.05, 4.69) is 0 Å². The van der Waals surface area contributed by atoms with Crippen LogP contribution in [0.25, 0.3) is 0 Å². The van der Waals surface area contributed by atoms with E-state index in [9.17, 15) is 14.4 Å². The van der Waals surface area contributed by atoms with Crippen LogP contribution in [0.4, 0.5) is 0 Å². The van der Waals surface area contributed by atoms with Crippen molar-refractivity contribution < 1.29 is 29.0 Å². The Morgan fingerprint density at radius 1 is 1.19 bits per heavy atom. The van der Waals surface area contributed by atoms with E-state index in [1.165, 1.54) is 26.0 Å². The Morgan fingerprint density at radius 2 is 1.69 bits per heavy atom. The van der Waals surface area contributed by atoms with E-state index in [1.807, 2.05) is 0 Å². The van der Waals surface area contributed by atoms with Gasteiger partial charge in [0.15, 0.2) is 11.9 Å². The molecule has 0 heterocycles. The summed E-state index contributed by atoms with van der Waals surface area (Å²) in [7, 11) is 1.00. The lowest BCUT2D eigenvalue weighted by molar-refractivity contribution is -0.163. The largest absolute Gasteiger partial charge is 0.454 e. The third-order valence-electron chi connectivity index (χ3n) is 1.62. The molecule has 0 bridgehead atoms. The first kappa shape index (κ1) is 14.3. The molecule has 0 saturated carbocycles. The Labute approximate surface area is 92.8 Å². The monoisotopic (exact) mass is 230 g/mol. The third-order valence-corrected chi connectivity index (χ3v) is 1.62. The van der Waals surface area contributed by atoms with Crippen molar-refractivity contribution in [3.05, 3.63) is 12.2 Å². The Bertz CT molecular complexity index is 306. The van der Waals surface area contributed by atoms with E-state index in [-0.39, 0.29) is 5.78 Å². The van der Waals surface area contributed by atoms with Crippen LogP contribution in [0.2, 0.25) is 0 Å². The average Bonchev–Trinajstić information content (AvgIpc) is 2.52. The summed E-state index contributed by atoms with van der Waals surface area (Å²) >= 11 is 0. The van der Waals surface area contributed by atoms with Crippen LogP contribution in [0.5, 0.6) is 0 Å². The maximum atomic E-state index is 11.1. The highest BCUT2D eigenvalue weighted by Gasteiger charge is 2.35. The molecule has 1 aliphatic carbocycles. The zero-order chi connectivity index (χ0) is 12.7. The van der Waals surface area contributed by atoms with E-state index in [0.29, 0.717) is 0 Å². The predicted octanol–water partition coefficient (Wildman–Crippen LogP) is -0.403. The number of hydrogen-bond donors (Lipinski definition) is 1. The first-order valence-corrected chi connectivity index (χ1v) is 4.52. The van der Waals surface area contributed by atoms with Crippen LogP contribution in [0.15, 0.2) is 12.2 Å². The minimum Gasteiger partial charge on any atom is -0.454 e. The number of ketones is 1. The van der Waals surface area contributed by atoms with Crippen molar-refractivity contribution in [2.24, 2.45) is 0 Å². The molecule has 0 fully saturated rings. The van der Waals surface area contributed by atoms with Gasteiger partial charge < -0.3 is 14.6 Å². The molecule has 1 N–H and O–H groups in total. The molecule has 0 saturated heterocycles. The van der Waals surface area contributed by atoms with Crippen LogP contribution in [-0.4, -0.2) is 42.1 Å². The van der Waals surface area contributed by atoms with Crippen LogP contribution < -0.4 is 0 Å². The average molecular weight is 230 g/mol. The highest BCUT2D eigenvalue weighted by Crippen LogP contribution is 2.15. The van der Waals surface area contributed by atoms with Crippen LogP contribution in [-0.2, 0) is 23.9 Å². The van der Waals surface area contributed by atoms with Crippen molar-refractivity contribution in [3.63, 3.8) is 0 Å². The molecule has 0 aromatic rings. The summed E-state index contributed by atoms with van der Waals surface area (Å²) < 4.78 is 9.48. The molecule has 0 aliphatic heterocycles. The van der Waals surface area contributed by atoms with Gasteiger partial charge in [0, 0.05) is 21.0 Å². The van der Waals surface area contributed by atoms with Crippen LogP contribution in [0.3, 0.4) is 0 Å². The van der Waals surface area contributed by atoms with Gasteiger partial charge in [-0.25, -0.2) is 0 Å². The minimum absolute atomic E-state index is 0.369. The zero-order valence-corrected chi connectivity index (χ0v) is 9.30. The number of ether oxygens (including phenoxy) is 2. The van der Waals surface area contributed by atoms with Gasteiger partial charge in [-0.3, -0.25) is 14.4 Å². The lowest BCUT2D eigenvalue weighted by Crippen LogP contribution is -2.34. The number of aliphatic hydroxyl groups excluding tert-OH is 1. The van der Waals surface area contributed by atoms with Crippen molar-refractivity contribution in [2.45, 2.75) is 26.1 Å². The molecule has 1 aliphatic rings. The van der Waals surface area contributed by atoms with Gasteiger partial charge in [0.2, 0.25) is 6.10 Å². The number of esters is 2. The van der Waals surface area contributed by atoms with Gasteiger partial charge in [-0.2, -0.15) is 0 Å². The predicted molar refractivity (Wildman–Crippen MR) is 53.4 cm³/mol. The number of rotatable bonds is 2. The molecular weight excluding hydrogens is 216 g/mol. The van der Waals surface area contributed by atoms with Crippen molar-refractivity contribution in [2.75, 3.05) is 7.11 Å². The van der Waals surface area contributed by atoms with Crippen LogP contribution in [0.1, 0.15) is 13.8 Å². The normalized spacial score (nSPS) is 22.1. The first-order chi connectivity index (χ1) is 7.50. The first-order valence-electron chi connectivity index (χ1n) is 4.52. The van der Waals surface area contributed by atoms with E-state index >= 15 is 0 Å². The van der Waals surface area contributed by atoms with Crippen molar-refractivity contribution >= 4 is 17.7 Å². The highest BCUT2D eigenvalue weighted by molar-refractivity contribution is 5.98. The topological polar surface area (TPSA) is 89.9 Å². The van der Waals surface area contributed by atoms with E-state index in [4.69, 9.17) is 14.6 Å².